The van der Waals surface area contributed by atoms with Crippen LogP contribution in [0.5, 0.6) is 0 Å². The number of carbonyl (C=O) groups excluding carboxylic acids is 1. The van der Waals surface area contributed by atoms with E-state index in [1.54, 1.807) is 0 Å². The Kier molecular flexibility index (Phi) is 5.37. The van der Waals surface area contributed by atoms with Gasteiger partial charge in [0, 0.05) is 18.2 Å². The van der Waals surface area contributed by atoms with Crippen molar-refractivity contribution in [3.05, 3.63) is 34.9 Å². The third kappa shape index (κ3) is 4.35. The number of hydrogen-bond acceptors (Lipinski definition) is 2. The van der Waals surface area contributed by atoms with Crippen LogP contribution in [0.25, 0.3) is 0 Å². The van der Waals surface area contributed by atoms with Gasteiger partial charge in [0.25, 0.3) is 5.91 Å². The van der Waals surface area contributed by atoms with Gasteiger partial charge in [0.2, 0.25) is 0 Å². The second-order valence-corrected chi connectivity index (χ2v) is 7.50. The monoisotopic (exact) mass is 314 g/mol. The van der Waals surface area contributed by atoms with E-state index in [-0.39, 0.29) is 5.91 Å². The molecule has 126 valence electrons. The molecule has 1 heterocycles. The van der Waals surface area contributed by atoms with Gasteiger partial charge in [-0.25, -0.2) is 0 Å². The fourth-order valence-corrected chi connectivity index (χ4v) is 4.24. The van der Waals surface area contributed by atoms with Crippen LogP contribution in [0.4, 0.5) is 0 Å². The van der Waals surface area contributed by atoms with Crippen molar-refractivity contribution in [3.8, 4) is 0 Å². The Balaban J connectivity index is 1.45. The first-order valence-corrected chi connectivity index (χ1v) is 9.22. The maximum atomic E-state index is 12.3. The number of amides is 1. The highest BCUT2D eigenvalue weighted by Crippen LogP contribution is 2.27. The van der Waals surface area contributed by atoms with Crippen LogP contribution in [0.3, 0.4) is 0 Å². The van der Waals surface area contributed by atoms with Crippen LogP contribution in [0, 0.1) is 19.8 Å². The van der Waals surface area contributed by atoms with Crippen molar-refractivity contribution in [2.45, 2.75) is 58.4 Å². The minimum absolute atomic E-state index is 0.0787. The van der Waals surface area contributed by atoms with Crippen molar-refractivity contribution in [2.75, 3.05) is 19.6 Å². The number of rotatable bonds is 4. The summed E-state index contributed by atoms with van der Waals surface area (Å²) in [6, 6.07) is 6.91. The molecule has 0 radical (unpaired) electrons. The van der Waals surface area contributed by atoms with Crippen LogP contribution in [-0.2, 0) is 0 Å². The normalized spacial score (nSPS) is 20.8. The van der Waals surface area contributed by atoms with Gasteiger partial charge in [-0.15, -0.1) is 0 Å². The molecule has 23 heavy (non-hydrogen) atoms. The molecular formula is C20H30N2O. The largest absolute Gasteiger partial charge is 0.352 e. The zero-order valence-electron chi connectivity index (χ0n) is 14.6. The van der Waals surface area contributed by atoms with E-state index in [4.69, 9.17) is 0 Å². The number of piperidine rings is 1. The van der Waals surface area contributed by atoms with E-state index >= 15 is 0 Å². The van der Waals surface area contributed by atoms with Crippen LogP contribution in [0.15, 0.2) is 18.2 Å². The first-order valence-electron chi connectivity index (χ1n) is 9.22. The summed E-state index contributed by atoms with van der Waals surface area (Å²) in [5.74, 6) is 0.720. The molecule has 1 aromatic rings. The van der Waals surface area contributed by atoms with Crippen LogP contribution in [0.1, 0.15) is 60.0 Å². The Bertz CT molecular complexity index is 520. The highest BCUT2D eigenvalue weighted by Gasteiger charge is 2.27. The molecule has 3 nitrogen and oxygen atoms in total. The van der Waals surface area contributed by atoms with Crippen molar-refractivity contribution in [3.63, 3.8) is 0 Å². The fourth-order valence-electron chi connectivity index (χ4n) is 4.24. The van der Waals surface area contributed by atoms with Gasteiger partial charge in [0.1, 0.15) is 0 Å². The Morgan fingerprint density at radius 2 is 1.65 bits per heavy atom. The van der Waals surface area contributed by atoms with Crippen molar-refractivity contribution in [1.82, 2.24) is 10.2 Å². The summed E-state index contributed by atoms with van der Waals surface area (Å²) >= 11 is 0. The van der Waals surface area contributed by atoms with E-state index in [0.29, 0.717) is 5.92 Å². The van der Waals surface area contributed by atoms with Gasteiger partial charge < -0.3 is 10.2 Å². The van der Waals surface area contributed by atoms with E-state index in [1.807, 2.05) is 26.0 Å². The predicted molar refractivity (Wildman–Crippen MR) is 94.8 cm³/mol. The van der Waals surface area contributed by atoms with Crippen molar-refractivity contribution >= 4 is 5.91 Å². The van der Waals surface area contributed by atoms with E-state index in [1.165, 1.54) is 51.6 Å². The molecule has 0 spiro atoms. The molecule has 0 atom stereocenters. The number of likely N-dealkylation sites (tertiary alicyclic amines) is 1. The maximum absolute atomic E-state index is 12.3. The first-order chi connectivity index (χ1) is 11.1. The maximum Gasteiger partial charge on any atom is 0.251 e. The number of hydrogen-bond donors (Lipinski definition) is 1. The van der Waals surface area contributed by atoms with Crippen molar-refractivity contribution in [2.24, 2.45) is 5.92 Å². The Hall–Kier alpha value is -1.35. The standard InChI is InChI=1S/C20H30N2O/c1-15-11-16(2)13-18(12-15)20(23)21-14-17-7-9-22(10-8-17)19-5-3-4-6-19/h11-13,17,19H,3-10,14H2,1-2H3,(H,21,23). The van der Waals surface area contributed by atoms with Crippen LogP contribution in [-0.4, -0.2) is 36.5 Å². The summed E-state index contributed by atoms with van der Waals surface area (Å²) in [4.78, 5) is 15.0. The number of benzene rings is 1. The van der Waals surface area contributed by atoms with E-state index in [2.05, 4.69) is 16.3 Å². The van der Waals surface area contributed by atoms with E-state index < -0.39 is 0 Å². The Morgan fingerprint density at radius 1 is 1.04 bits per heavy atom. The lowest BCUT2D eigenvalue weighted by Crippen LogP contribution is -2.42. The Labute approximate surface area is 140 Å². The molecule has 3 rings (SSSR count). The van der Waals surface area contributed by atoms with Gasteiger partial charge in [-0.05, 0) is 70.7 Å². The summed E-state index contributed by atoms with van der Waals surface area (Å²) in [5.41, 5.74) is 3.10. The lowest BCUT2D eigenvalue weighted by Gasteiger charge is -2.36. The lowest BCUT2D eigenvalue weighted by atomic mass is 9.95. The van der Waals surface area contributed by atoms with E-state index in [0.717, 1.165) is 29.3 Å². The third-order valence-electron chi connectivity index (χ3n) is 5.53. The second-order valence-electron chi connectivity index (χ2n) is 7.50. The summed E-state index contributed by atoms with van der Waals surface area (Å²) < 4.78 is 0. The third-order valence-corrected chi connectivity index (χ3v) is 5.53. The molecule has 1 N–H and O–H groups in total. The quantitative estimate of drug-likeness (QED) is 0.919. The average molecular weight is 314 g/mol. The summed E-state index contributed by atoms with van der Waals surface area (Å²) in [5, 5.41) is 3.15. The lowest BCUT2D eigenvalue weighted by molar-refractivity contribution is 0.0924. The molecule has 1 saturated carbocycles. The van der Waals surface area contributed by atoms with Gasteiger partial charge in [-0.3, -0.25) is 4.79 Å². The molecule has 1 aliphatic carbocycles. The summed E-state index contributed by atoms with van der Waals surface area (Å²) in [7, 11) is 0. The highest BCUT2D eigenvalue weighted by atomic mass is 16.1. The second kappa shape index (κ2) is 7.48. The fraction of sp³-hybridized carbons (Fsp3) is 0.650. The highest BCUT2D eigenvalue weighted by molar-refractivity contribution is 5.94. The van der Waals surface area contributed by atoms with Gasteiger partial charge in [0.15, 0.2) is 0 Å². The SMILES string of the molecule is Cc1cc(C)cc(C(=O)NCC2CCN(C3CCCC3)CC2)c1. The predicted octanol–water partition coefficient (Wildman–Crippen LogP) is 3.69. The molecule has 0 unspecified atom stereocenters. The molecule has 2 aliphatic rings. The van der Waals surface area contributed by atoms with Crippen LogP contribution >= 0.6 is 0 Å². The molecule has 1 saturated heterocycles. The van der Waals surface area contributed by atoms with Crippen molar-refractivity contribution < 1.29 is 4.79 Å². The molecule has 0 bridgehead atoms. The first kappa shape index (κ1) is 16.5. The zero-order chi connectivity index (χ0) is 16.2. The number of carbonyl (C=O) groups is 1. The molecule has 1 aliphatic heterocycles. The molecule has 2 fully saturated rings. The minimum atomic E-state index is 0.0787. The van der Waals surface area contributed by atoms with Crippen LogP contribution in [0.2, 0.25) is 0 Å². The van der Waals surface area contributed by atoms with Gasteiger partial charge in [0.05, 0.1) is 0 Å². The zero-order valence-corrected chi connectivity index (χ0v) is 14.6. The number of aryl methyl sites for hydroxylation is 2. The van der Waals surface area contributed by atoms with Gasteiger partial charge in [-0.2, -0.15) is 0 Å². The number of nitrogens with zero attached hydrogens (tertiary/aromatic N) is 1. The van der Waals surface area contributed by atoms with Crippen molar-refractivity contribution in [1.29, 1.82) is 0 Å². The molecule has 1 aromatic carbocycles. The topological polar surface area (TPSA) is 32.3 Å². The van der Waals surface area contributed by atoms with Gasteiger partial charge in [-0.1, -0.05) is 30.0 Å². The Morgan fingerprint density at radius 3 is 2.26 bits per heavy atom. The average Bonchev–Trinajstić information content (AvgIpc) is 3.06. The summed E-state index contributed by atoms with van der Waals surface area (Å²) in [6.07, 6.45) is 8.07. The van der Waals surface area contributed by atoms with E-state index in [9.17, 15) is 4.79 Å². The van der Waals surface area contributed by atoms with Gasteiger partial charge >= 0.3 is 0 Å². The van der Waals surface area contributed by atoms with Crippen LogP contribution < -0.4 is 5.32 Å². The molecule has 1 amide bonds. The minimum Gasteiger partial charge on any atom is -0.352 e. The molecule has 3 heteroatoms. The number of nitrogens with one attached hydrogen (secondary N) is 1. The summed E-state index contributed by atoms with van der Waals surface area (Å²) in [6.45, 7) is 7.35. The molecular weight excluding hydrogens is 284 g/mol. The smallest absolute Gasteiger partial charge is 0.251 e. The molecule has 0 aromatic heterocycles.